The molecule has 0 aliphatic carbocycles. The largest absolute Gasteiger partial charge is 0.350 e. The monoisotopic (exact) mass is 371 g/mol. The third-order valence-corrected chi connectivity index (χ3v) is 7.32. The Morgan fingerprint density at radius 2 is 1.17 bits per heavy atom. The molecule has 0 fully saturated rings. The molecule has 6 nitrogen and oxygen atoms in total. The SMILES string of the molecule is CCNOC(C(C)PC(C)(OC)OC)C(C)PC(C)(OC)OC. The summed E-state index contributed by atoms with van der Waals surface area (Å²) in [5.74, 6) is 0. The van der Waals surface area contributed by atoms with Gasteiger partial charge in [0, 0.05) is 46.3 Å². The lowest BCUT2D eigenvalue weighted by atomic mass is 10.2. The van der Waals surface area contributed by atoms with Gasteiger partial charge in [-0.25, -0.2) is 5.48 Å². The fourth-order valence-corrected chi connectivity index (χ4v) is 5.57. The molecule has 23 heavy (non-hydrogen) atoms. The van der Waals surface area contributed by atoms with Crippen molar-refractivity contribution in [1.82, 2.24) is 5.48 Å². The van der Waals surface area contributed by atoms with Crippen LogP contribution in [0, 0.1) is 0 Å². The minimum atomic E-state index is -0.595. The number of ether oxygens (including phenoxy) is 4. The molecule has 140 valence electrons. The molecule has 0 aromatic heterocycles. The fourth-order valence-electron chi connectivity index (χ4n) is 2.21. The first-order valence-electron chi connectivity index (χ1n) is 7.85. The molecule has 0 aliphatic heterocycles. The Labute approximate surface area is 145 Å². The Morgan fingerprint density at radius 1 is 0.826 bits per heavy atom. The Hall–Kier alpha value is 0.620. The van der Waals surface area contributed by atoms with Crippen molar-refractivity contribution in [2.75, 3.05) is 35.0 Å². The van der Waals surface area contributed by atoms with Crippen molar-refractivity contribution in [3.8, 4) is 0 Å². The van der Waals surface area contributed by atoms with Crippen LogP contribution in [0.4, 0.5) is 0 Å². The van der Waals surface area contributed by atoms with E-state index in [9.17, 15) is 0 Å². The summed E-state index contributed by atoms with van der Waals surface area (Å²) in [6, 6.07) is 0. The summed E-state index contributed by atoms with van der Waals surface area (Å²) in [4.78, 5) is 5.93. The maximum absolute atomic E-state index is 5.93. The number of hydrogen-bond donors (Lipinski definition) is 1. The molecule has 0 aliphatic rings. The summed E-state index contributed by atoms with van der Waals surface area (Å²) in [7, 11) is 7.54. The van der Waals surface area contributed by atoms with E-state index in [4.69, 9.17) is 23.8 Å². The summed E-state index contributed by atoms with van der Waals surface area (Å²) < 4.78 is 22.0. The lowest BCUT2D eigenvalue weighted by Gasteiger charge is -2.37. The van der Waals surface area contributed by atoms with Crippen LogP contribution in [-0.2, 0) is 23.8 Å². The van der Waals surface area contributed by atoms with Gasteiger partial charge in [0.2, 0.25) is 0 Å². The second-order valence-electron chi connectivity index (χ2n) is 5.65. The van der Waals surface area contributed by atoms with Crippen molar-refractivity contribution in [1.29, 1.82) is 0 Å². The van der Waals surface area contributed by atoms with E-state index in [0.29, 0.717) is 17.2 Å². The Balaban J connectivity index is 5.03. The molecule has 0 radical (unpaired) electrons. The number of rotatable bonds is 13. The third kappa shape index (κ3) is 8.02. The molecule has 0 rings (SSSR count). The molecule has 0 aromatic carbocycles. The molecule has 0 amide bonds. The first-order chi connectivity index (χ1) is 10.7. The maximum Gasteiger partial charge on any atom is 0.180 e. The lowest BCUT2D eigenvalue weighted by Crippen LogP contribution is -2.41. The molecule has 4 atom stereocenters. The average molecular weight is 371 g/mol. The highest BCUT2D eigenvalue weighted by Gasteiger charge is 2.36. The van der Waals surface area contributed by atoms with Gasteiger partial charge < -0.3 is 18.9 Å². The van der Waals surface area contributed by atoms with Gasteiger partial charge >= 0.3 is 0 Å². The summed E-state index contributed by atoms with van der Waals surface area (Å²) in [6.07, 6.45) is 0.000802. The van der Waals surface area contributed by atoms with Gasteiger partial charge in [0.1, 0.15) is 0 Å². The van der Waals surface area contributed by atoms with Gasteiger partial charge in [0.05, 0.1) is 6.10 Å². The van der Waals surface area contributed by atoms with Crippen molar-refractivity contribution in [3.05, 3.63) is 0 Å². The van der Waals surface area contributed by atoms with Crippen molar-refractivity contribution in [3.63, 3.8) is 0 Å². The summed E-state index contributed by atoms with van der Waals surface area (Å²) in [6.45, 7) is 11.0. The van der Waals surface area contributed by atoms with Crippen LogP contribution in [-0.4, -0.2) is 63.5 Å². The van der Waals surface area contributed by atoms with E-state index in [-0.39, 0.29) is 17.4 Å². The first kappa shape index (κ1) is 23.6. The highest BCUT2D eigenvalue weighted by Crippen LogP contribution is 2.45. The second-order valence-corrected chi connectivity index (χ2v) is 9.87. The standard InChI is InChI=1S/C15H35NO5P2/c1-10-16-21-13(11(2)22-14(4,17-6)18-7)12(3)23-15(5,19-8)20-9/h11-13,16,22-23H,10H2,1-9H3. The van der Waals surface area contributed by atoms with E-state index in [2.05, 4.69) is 19.3 Å². The van der Waals surface area contributed by atoms with Crippen LogP contribution in [0.15, 0.2) is 0 Å². The van der Waals surface area contributed by atoms with Crippen LogP contribution in [0.2, 0.25) is 0 Å². The number of hydrogen-bond acceptors (Lipinski definition) is 6. The van der Waals surface area contributed by atoms with E-state index in [1.165, 1.54) is 0 Å². The summed E-state index contributed by atoms with van der Waals surface area (Å²) in [5.41, 5.74) is 2.31. The Bertz CT molecular complexity index is 288. The molecule has 4 unspecified atom stereocenters. The molecular formula is C15H35NO5P2. The molecule has 0 saturated carbocycles. The molecule has 0 bridgehead atoms. The van der Waals surface area contributed by atoms with Gasteiger partial charge in [-0.2, -0.15) is 0 Å². The van der Waals surface area contributed by atoms with Crippen LogP contribution in [0.1, 0.15) is 34.6 Å². The van der Waals surface area contributed by atoms with Crippen LogP contribution < -0.4 is 5.48 Å². The topological polar surface area (TPSA) is 58.2 Å². The number of nitrogens with one attached hydrogen (secondary N) is 1. The predicted octanol–water partition coefficient (Wildman–Crippen LogP) is 2.96. The molecule has 0 saturated heterocycles. The zero-order valence-electron chi connectivity index (χ0n) is 16.0. The Kier molecular flexibility index (Phi) is 11.6. The number of hydroxylamine groups is 1. The summed E-state index contributed by atoms with van der Waals surface area (Å²) >= 11 is 0. The van der Waals surface area contributed by atoms with E-state index < -0.39 is 11.1 Å². The van der Waals surface area contributed by atoms with E-state index in [0.717, 1.165) is 6.54 Å². The van der Waals surface area contributed by atoms with Gasteiger partial charge in [-0.3, -0.25) is 4.84 Å². The third-order valence-electron chi connectivity index (χ3n) is 3.89. The molecule has 0 aromatic rings. The minimum Gasteiger partial charge on any atom is -0.350 e. The highest BCUT2D eigenvalue weighted by atomic mass is 31.1. The quantitative estimate of drug-likeness (QED) is 0.305. The van der Waals surface area contributed by atoms with Crippen LogP contribution in [0.25, 0.3) is 0 Å². The average Bonchev–Trinajstić information content (AvgIpc) is 2.54. The zero-order chi connectivity index (χ0) is 18.1. The lowest BCUT2D eigenvalue weighted by molar-refractivity contribution is -0.126. The van der Waals surface area contributed by atoms with E-state index in [1.807, 2.05) is 20.8 Å². The predicted molar refractivity (Wildman–Crippen MR) is 98.9 cm³/mol. The van der Waals surface area contributed by atoms with Gasteiger partial charge in [0.25, 0.3) is 0 Å². The highest BCUT2D eigenvalue weighted by molar-refractivity contribution is 7.41. The normalized spacial score (nSPS) is 18.1. The van der Waals surface area contributed by atoms with Crippen LogP contribution in [0.3, 0.4) is 0 Å². The smallest absolute Gasteiger partial charge is 0.180 e. The molecule has 0 heterocycles. The maximum atomic E-state index is 5.93. The molecule has 1 N–H and O–H groups in total. The molecule has 8 heteroatoms. The summed E-state index contributed by atoms with van der Waals surface area (Å²) in [5, 5.41) is 0. The van der Waals surface area contributed by atoms with Crippen LogP contribution >= 0.6 is 17.2 Å². The van der Waals surface area contributed by atoms with E-state index >= 15 is 0 Å². The van der Waals surface area contributed by atoms with Crippen molar-refractivity contribution in [2.24, 2.45) is 0 Å². The van der Waals surface area contributed by atoms with Crippen molar-refractivity contribution in [2.45, 2.75) is 63.1 Å². The second kappa shape index (κ2) is 11.3. The van der Waals surface area contributed by atoms with Gasteiger partial charge in [-0.15, -0.1) is 0 Å². The Morgan fingerprint density at radius 3 is 1.43 bits per heavy atom. The van der Waals surface area contributed by atoms with E-state index in [1.54, 1.807) is 28.4 Å². The number of methoxy groups -OCH3 is 4. The van der Waals surface area contributed by atoms with Gasteiger partial charge in [-0.1, -0.05) is 37.9 Å². The zero-order valence-corrected chi connectivity index (χ0v) is 18.0. The van der Waals surface area contributed by atoms with Crippen LogP contribution in [0.5, 0.6) is 0 Å². The van der Waals surface area contributed by atoms with Crippen molar-refractivity contribution < 1.29 is 23.8 Å². The van der Waals surface area contributed by atoms with Gasteiger partial charge in [-0.05, 0) is 13.8 Å². The van der Waals surface area contributed by atoms with Gasteiger partial charge in [0.15, 0.2) is 11.1 Å². The molecule has 0 spiro atoms. The van der Waals surface area contributed by atoms with Crippen molar-refractivity contribution >= 4 is 17.2 Å². The molecular weight excluding hydrogens is 336 g/mol. The minimum absolute atomic E-state index is 0.000802. The fraction of sp³-hybridized carbons (Fsp3) is 1.00. The first-order valence-corrected chi connectivity index (χ1v) is 10.0.